The molecule has 1 aliphatic rings. The first-order valence-electron chi connectivity index (χ1n) is 11.8. The molecule has 3 aromatic heterocycles. The van der Waals surface area contributed by atoms with E-state index in [0.29, 0.717) is 22.6 Å². The molecule has 0 radical (unpaired) electrons. The monoisotopic (exact) mass is 487 g/mol. The van der Waals surface area contributed by atoms with Crippen molar-refractivity contribution in [2.45, 2.75) is 25.8 Å². The van der Waals surface area contributed by atoms with E-state index < -0.39 is 0 Å². The van der Waals surface area contributed by atoms with Gasteiger partial charge in [0.25, 0.3) is 5.91 Å². The number of rotatable bonds is 6. The Balaban J connectivity index is 1.31. The van der Waals surface area contributed by atoms with Gasteiger partial charge in [-0.25, -0.2) is 15.0 Å². The van der Waals surface area contributed by atoms with Gasteiger partial charge >= 0.3 is 0 Å². The van der Waals surface area contributed by atoms with Crippen LogP contribution in [0.15, 0.2) is 54.7 Å². The number of fused-ring (bicyclic) bond motifs is 1. The van der Waals surface area contributed by atoms with Gasteiger partial charge in [-0.3, -0.25) is 4.79 Å². The number of anilines is 4. The van der Waals surface area contributed by atoms with E-state index in [1.807, 2.05) is 31.1 Å². The number of hydrogen-bond acceptors (Lipinski definition) is 8. The number of hydrogen-bond donors (Lipinski definition) is 2. The summed E-state index contributed by atoms with van der Waals surface area (Å²) in [5.74, 6) is 1.49. The highest BCUT2D eigenvalue weighted by molar-refractivity contribution is 7.21. The second-order valence-electron chi connectivity index (χ2n) is 8.82. The van der Waals surface area contributed by atoms with Gasteiger partial charge in [0.2, 0.25) is 0 Å². The van der Waals surface area contributed by atoms with Crippen LogP contribution in [0.1, 0.15) is 28.8 Å². The van der Waals surface area contributed by atoms with Crippen LogP contribution in [0.2, 0.25) is 0 Å². The van der Waals surface area contributed by atoms with Crippen molar-refractivity contribution in [3.8, 4) is 0 Å². The molecular weight excluding hydrogens is 458 g/mol. The minimum atomic E-state index is 0.0414. The molecule has 1 amide bonds. The second-order valence-corrected chi connectivity index (χ2v) is 9.79. The van der Waals surface area contributed by atoms with Gasteiger partial charge in [-0.15, -0.1) is 0 Å². The highest BCUT2D eigenvalue weighted by atomic mass is 32.1. The van der Waals surface area contributed by atoms with Crippen LogP contribution >= 0.6 is 11.3 Å². The Bertz CT molecular complexity index is 1330. The summed E-state index contributed by atoms with van der Waals surface area (Å²) in [6.45, 7) is 3.60. The van der Waals surface area contributed by atoms with E-state index in [1.54, 1.807) is 18.3 Å². The number of amides is 1. The molecule has 1 aliphatic heterocycles. The molecule has 5 rings (SSSR count). The minimum Gasteiger partial charge on any atom is -0.339 e. The van der Waals surface area contributed by atoms with Crippen molar-refractivity contribution in [1.82, 2.24) is 25.2 Å². The molecule has 0 bridgehead atoms. The zero-order chi connectivity index (χ0) is 24.4. The van der Waals surface area contributed by atoms with Gasteiger partial charge in [-0.2, -0.15) is 0 Å². The molecule has 2 N–H and O–H groups in total. The number of carbonyl (C=O) groups excluding carboxylic acids is 1. The van der Waals surface area contributed by atoms with E-state index in [9.17, 15) is 4.79 Å². The lowest BCUT2D eigenvalue weighted by Crippen LogP contribution is -2.43. The molecule has 0 aliphatic carbocycles. The van der Waals surface area contributed by atoms with E-state index in [2.05, 4.69) is 56.7 Å². The largest absolute Gasteiger partial charge is 0.339 e. The molecule has 0 unspecified atom stereocenters. The Morgan fingerprint density at radius 1 is 1.09 bits per heavy atom. The van der Waals surface area contributed by atoms with Crippen molar-refractivity contribution in [1.29, 1.82) is 0 Å². The standard InChI is InChI=1S/C26H29N7OS/c1-17-4-6-20(7-5-17)32(3)23-9-8-21-24(31-23)35-26(29-21)30-22-16-18(10-13-28-22)25(34)33-14-11-19(27-2)12-15-33/h4-10,13,16,19,27H,11-12,14-15H2,1-3H3,(H,28,29,30). The number of nitrogens with zero attached hydrogens (tertiary/aromatic N) is 5. The zero-order valence-electron chi connectivity index (χ0n) is 20.2. The van der Waals surface area contributed by atoms with Gasteiger partial charge in [0.15, 0.2) is 5.13 Å². The Morgan fingerprint density at radius 3 is 2.60 bits per heavy atom. The summed E-state index contributed by atoms with van der Waals surface area (Å²) in [7, 11) is 3.98. The highest BCUT2D eigenvalue weighted by Gasteiger charge is 2.23. The fraction of sp³-hybridized carbons (Fsp3) is 0.308. The Hall–Kier alpha value is -3.56. The topological polar surface area (TPSA) is 86.3 Å². The molecule has 9 heteroatoms. The number of carbonyl (C=O) groups is 1. The van der Waals surface area contributed by atoms with Gasteiger partial charge in [-0.05, 0) is 63.2 Å². The molecule has 35 heavy (non-hydrogen) atoms. The van der Waals surface area contributed by atoms with Gasteiger partial charge in [0.05, 0.1) is 0 Å². The molecule has 0 spiro atoms. The Labute approximate surface area is 209 Å². The van der Waals surface area contributed by atoms with Crippen molar-refractivity contribution in [2.24, 2.45) is 0 Å². The maximum Gasteiger partial charge on any atom is 0.254 e. The van der Waals surface area contributed by atoms with E-state index in [1.165, 1.54) is 16.9 Å². The lowest BCUT2D eigenvalue weighted by Gasteiger charge is -2.31. The van der Waals surface area contributed by atoms with Crippen molar-refractivity contribution < 1.29 is 4.79 Å². The van der Waals surface area contributed by atoms with Crippen molar-refractivity contribution in [3.63, 3.8) is 0 Å². The molecule has 8 nitrogen and oxygen atoms in total. The molecule has 1 aromatic carbocycles. The van der Waals surface area contributed by atoms with Crippen LogP contribution in [0.3, 0.4) is 0 Å². The zero-order valence-corrected chi connectivity index (χ0v) is 21.0. The average molecular weight is 488 g/mol. The normalized spacial score (nSPS) is 14.3. The molecular formula is C26H29N7OS. The van der Waals surface area contributed by atoms with Crippen molar-refractivity contribution in [3.05, 3.63) is 65.9 Å². The summed E-state index contributed by atoms with van der Waals surface area (Å²) in [4.78, 5) is 31.7. The molecule has 1 fully saturated rings. The first kappa shape index (κ1) is 23.2. The van der Waals surface area contributed by atoms with Crippen LogP contribution in [0.4, 0.5) is 22.5 Å². The summed E-state index contributed by atoms with van der Waals surface area (Å²) in [5.41, 5.74) is 3.75. The van der Waals surface area contributed by atoms with E-state index >= 15 is 0 Å². The van der Waals surface area contributed by atoms with Crippen LogP contribution in [-0.4, -0.2) is 59.0 Å². The lowest BCUT2D eigenvalue weighted by molar-refractivity contribution is 0.0707. The van der Waals surface area contributed by atoms with Crippen LogP contribution in [0, 0.1) is 6.92 Å². The third-order valence-electron chi connectivity index (χ3n) is 6.44. The van der Waals surface area contributed by atoms with Crippen LogP contribution in [-0.2, 0) is 0 Å². The minimum absolute atomic E-state index is 0.0414. The first-order chi connectivity index (χ1) is 17.0. The first-order valence-corrected chi connectivity index (χ1v) is 12.6. The molecule has 4 heterocycles. The van der Waals surface area contributed by atoms with Gasteiger partial charge in [0, 0.05) is 43.6 Å². The maximum absolute atomic E-state index is 13.0. The number of aromatic nitrogens is 3. The summed E-state index contributed by atoms with van der Waals surface area (Å²) >= 11 is 1.46. The predicted octanol–water partition coefficient (Wildman–Crippen LogP) is 4.73. The van der Waals surface area contributed by atoms with E-state index in [0.717, 1.165) is 47.8 Å². The highest BCUT2D eigenvalue weighted by Crippen LogP contribution is 2.30. The smallest absolute Gasteiger partial charge is 0.254 e. The second kappa shape index (κ2) is 9.97. The fourth-order valence-electron chi connectivity index (χ4n) is 4.24. The molecule has 4 aromatic rings. The summed E-state index contributed by atoms with van der Waals surface area (Å²) in [6, 6.07) is 16.4. The van der Waals surface area contributed by atoms with E-state index in [-0.39, 0.29) is 5.91 Å². The molecule has 0 atom stereocenters. The SMILES string of the molecule is CNC1CCN(C(=O)c2ccnc(Nc3nc4ccc(N(C)c5ccc(C)cc5)nc4s3)c2)CC1. The van der Waals surface area contributed by atoms with Gasteiger partial charge in [0.1, 0.15) is 22.0 Å². The maximum atomic E-state index is 13.0. The van der Waals surface area contributed by atoms with Crippen molar-refractivity contribution in [2.75, 3.05) is 37.4 Å². The predicted molar refractivity (Wildman–Crippen MR) is 142 cm³/mol. The number of likely N-dealkylation sites (tertiary alicyclic amines) is 1. The Morgan fingerprint density at radius 2 is 1.86 bits per heavy atom. The molecule has 180 valence electrons. The number of piperidine rings is 1. The third-order valence-corrected chi connectivity index (χ3v) is 7.32. The quantitative estimate of drug-likeness (QED) is 0.407. The average Bonchev–Trinajstić information content (AvgIpc) is 3.30. The molecule has 0 saturated carbocycles. The van der Waals surface area contributed by atoms with E-state index in [4.69, 9.17) is 4.98 Å². The fourth-order valence-corrected chi connectivity index (χ4v) is 5.08. The van der Waals surface area contributed by atoms with Crippen LogP contribution < -0.4 is 15.5 Å². The third kappa shape index (κ3) is 5.11. The van der Waals surface area contributed by atoms with Crippen LogP contribution in [0.25, 0.3) is 10.3 Å². The Kier molecular flexibility index (Phi) is 6.61. The van der Waals surface area contributed by atoms with Crippen LogP contribution in [0.5, 0.6) is 0 Å². The lowest BCUT2D eigenvalue weighted by atomic mass is 10.0. The number of pyridine rings is 2. The number of thiazole rings is 1. The summed E-state index contributed by atoms with van der Waals surface area (Å²) < 4.78 is 0. The molecule has 1 saturated heterocycles. The summed E-state index contributed by atoms with van der Waals surface area (Å²) in [5, 5.41) is 7.24. The number of nitrogens with one attached hydrogen (secondary N) is 2. The summed E-state index contributed by atoms with van der Waals surface area (Å²) in [6.07, 6.45) is 3.60. The number of aryl methyl sites for hydroxylation is 1. The van der Waals surface area contributed by atoms with Gasteiger partial charge in [-0.1, -0.05) is 29.0 Å². The van der Waals surface area contributed by atoms with Crippen molar-refractivity contribution >= 4 is 50.0 Å². The van der Waals surface area contributed by atoms with Gasteiger partial charge < -0.3 is 20.4 Å². The number of benzene rings is 1.